The maximum absolute atomic E-state index is 12.8. The van der Waals surface area contributed by atoms with Crippen LogP contribution in [0.2, 0.25) is 0 Å². The first-order valence-electron chi connectivity index (χ1n) is 7.50. The predicted octanol–water partition coefficient (Wildman–Crippen LogP) is 3.26. The molecule has 0 aliphatic heterocycles. The van der Waals surface area contributed by atoms with Crippen LogP contribution in [-0.2, 0) is 13.6 Å². The molecule has 1 heterocycles. The number of carbonyl (C=O) groups is 1. The van der Waals surface area contributed by atoms with E-state index in [1.807, 2.05) is 25.1 Å². The lowest BCUT2D eigenvalue weighted by Crippen LogP contribution is -2.31. The smallest absolute Gasteiger partial charge is 0.367 e. The highest BCUT2D eigenvalue weighted by Crippen LogP contribution is 2.21. The molecule has 0 saturated carbocycles. The number of ether oxygens (including phenoxy) is 1. The molecule has 0 bridgehead atoms. The lowest BCUT2D eigenvalue weighted by molar-refractivity contribution is -0.654. The highest BCUT2D eigenvalue weighted by Gasteiger charge is 2.28. The topological polar surface area (TPSA) is 35.1 Å². The molecule has 0 spiro atoms. The maximum atomic E-state index is 12.8. The van der Waals surface area contributed by atoms with Gasteiger partial charge in [-0.2, -0.15) is 17.9 Å². The number of fused-ring (bicyclic) bond motifs is 1. The molecule has 1 aromatic heterocycles. The first kappa shape index (κ1) is 16.1. The number of imidazole rings is 1. The lowest BCUT2D eigenvalue weighted by atomic mass is 10.1. The Kier molecular flexibility index (Phi) is 4.29. The number of carbonyl (C=O) groups excluding carboxylic acids is 1. The van der Waals surface area contributed by atoms with Crippen LogP contribution in [-0.4, -0.2) is 17.0 Å². The van der Waals surface area contributed by atoms with Gasteiger partial charge in [0.25, 0.3) is 0 Å². The Morgan fingerprint density at radius 2 is 1.83 bits per heavy atom. The molecule has 0 atom stereocenters. The number of benzene rings is 2. The molecular formula is C18H17F2N2O2+. The molecule has 0 N–H and O–H groups in total. The Balaban J connectivity index is 2.08. The van der Waals surface area contributed by atoms with Crippen molar-refractivity contribution in [3.63, 3.8) is 0 Å². The van der Waals surface area contributed by atoms with Gasteiger partial charge in [0, 0.05) is 5.56 Å². The van der Waals surface area contributed by atoms with E-state index in [0.717, 1.165) is 5.56 Å². The summed E-state index contributed by atoms with van der Waals surface area (Å²) in [6, 6.07) is 14.3. The van der Waals surface area contributed by atoms with E-state index < -0.39 is 6.61 Å². The third kappa shape index (κ3) is 2.87. The highest BCUT2D eigenvalue weighted by atomic mass is 19.3. The van der Waals surface area contributed by atoms with Crippen LogP contribution in [0.4, 0.5) is 8.78 Å². The summed E-state index contributed by atoms with van der Waals surface area (Å²) in [5, 5.41) is 0. The Morgan fingerprint density at radius 1 is 1.17 bits per heavy atom. The van der Waals surface area contributed by atoms with Crippen molar-refractivity contribution in [2.75, 3.05) is 0 Å². The second-order valence-corrected chi connectivity index (χ2v) is 5.53. The van der Waals surface area contributed by atoms with E-state index in [4.69, 9.17) is 0 Å². The third-order valence-corrected chi connectivity index (χ3v) is 3.99. The zero-order chi connectivity index (χ0) is 17.3. The standard InChI is InChI=1S/C18H17F2N2O2/c1-12-7-3-4-8-13(12)16(23)11-22-15-10-6-5-9-14(15)21(2)18(22)24-17(19)20/h3-10,17H,11H2,1-2H3/q+1. The van der Waals surface area contributed by atoms with Crippen LogP contribution in [0.15, 0.2) is 48.5 Å². The van der Waals surface area contributed by atoms with Crippen molar-refractivity contribution in [2.45, 2.75) is 20.1 Å². The maximum Gasteiger partial charge on any atom is 0.461 e. The van der Waals surface area contributed by atoms with Gasteiger partial charge in [-0.25, -0.2) is 0 Å². The molecule has 0 amide bonds. The van der Waals surface area contributed by atoms with E-state index >= 15 is 0 Å². The molecule has 3 rings (SSSR count). The van der Waals surface area contributed by atoms with Crippen molar-refractivity contribution < 1.29 is 22.9 Å². The van der Waals surface area contributed by atoms with E-state index in [-0.39, 0.29) is 18.3 Å². The molecule has 0 aliphatic rings. The molecule has 2 aromatic carbocycles. The average molecular weight is 331 g/mol. The van der Waals surface area contributed by atoms with Gasteiger partial charge in [-0.05, 0) is 24.6 Å². The van der Waals surface area contributed by atoms with Crippen LogP contribution < -0.4 is 9.30 Å². The summed E-state index contributed by atoms with van der Waals surface area (Å²) < 4.78 is 33.3. The largest absolute Gasteiger partial charge is 0.461 e. The van der Waals surface area contributed by atoms with Crippen LogP contribution in [0, 0.1) is 6.92 Å². The Morgan fingerprint density at radius 3 is 2.54 bits per heavy atom. The van der Waals surface area contributed by atoms with E-state index in [1.54, 1.807) is 37.4 Å². The van der Waals surface area contributed by atoms with Crippen molar-refractivity contribution in [3.05, 3.63) is 59.7 Å². The fourth-order valence-corrected chi connectivity index (χ4v) is 2.85. The second kappa shape index (κ2) is 6.39. The van der Waals surface area contributed by atoms with Gasteiger partial charge >= 0.3 is 12.6 Å². The minimum absolute atomic E-state index is 0.0480. The van der Waals surface area contributed by atoms with E-state index in [0.29, 0.717) is 16.6 Å². The summed E-state index contributed by atoms with van der Waals surface area (Å²) in [5.74, 6) is -0.159. The Hall–Kier alpha value is -2.76. The first-order valence-corrected chi connectivity index (χ1v) is 7.50. The second-order valence-electron chi connectivity index (χ2n) is 5.53. The van der Waals surface area contributed by atoms with Crippen molar-refractivity contribution in [3.8, 4) is 6.01 Å². The van der Waals surface area contributed by atoms with Crippen LogP contribution >= 0.6 is 0 Å². The number of ketones is 1. The fraction of sp³-hybridized carbons (Fsp3) is 0.222. The number of hydrogen-bond acceptors (Lipinski definition) is 2. The fourth-order valence-electron chi connectivity index (χ4n) is 2.85. The van der Waals surface area contributed by atoms with Gasteiger partial charge in [-0.1, -0.05) is 36.4 Å². The number of halogens is 2. The molecule has 0 unspecified atom stereocenters. The van der Waals surface area contributed by atoms with Gasteiger partial charge in [-0.3, -0.25) is 4.79 Å². The summed E-state index contributed by atoms with van der Waals surface area (Å²) in [5.41, 5.74) is 2.80. The monoisotopic (exact) mass is 331 g/mol. The van der Waals surface area contributed by atoms with Gasteiger partial charge < -0.3 is 4.74 Å². The van der Waals surface area contributed by atoms with Gasteiger partial charge in [0.2, 0.25) is 5.78 Å². The normalized spacial score (nSPS) is 11.2. The van der Waals surface area contributed by atoms with Crippen LogP contribution in [0.5, 0.6) is 6.01 Å². The number of aryl methyl sites for hydroxylation is 2. The van der Waals surface area contributed by atoms with E-state index in [1.165, 1.54) is 9.13 Å². The van der Waals surface area contributed by atoms with Gasteiger partial charge in [0.1, 0.15) is 0 Å². The summed E-state index contributed by atoms with van der Waals surface area (Å²) in [6.45, 7) is -1.20. The molecule has 6 heteroatoms. The van der Waals surface area contributed by atoms with Crippen molar-refractivity contribution in [2.24, 2.45) is 7.05 Å². The SMILES string of the molecule is Cc1ccccc1C(=O)Cn1c(OC(F)F)[n+](C)c2ccccc21. The number of aromatic nitrogens is 2. The molecule has 0 radical (unpaired) electrons. The molecular weight excluding hydrogens is 314 g/mol. The number of alkyl halides is 2. The quantitative estimate of drug-likeness (QED) is 0.531. The number of Topliss-reactive ketones (excluding diaryl/α,β-unsaturated/α-hetero) is 1. The zero-order valence-corrected chi connectivity index (χ0v) is 13.4. The van der Waals surface area contributed by atoms with Gasteiger partial charge in [0.05, 0.1) is 7.05 Å². The number of hydrogen-bond donors (Lipinski definition) is 0. The summed E-state index contributed by atoms with van der Waals surface area (Å²) in [4.78, 5) is 12.7. The van der Waals surface area contributed by atoms with E-state index in [9.17, 15) is 13.6 Å². The van der Waals surface area contributed by atoms with Crippen LogP contribution in [0.3, 0.4) is 0 Å². The van der Waals surface area contributed by atoms with Crippen LogP contribution in [0.25, 0.3) is 11.0 Å². The molecule has 0 aliphatic carbocycles. The van der Waals surface area contributed by atoms with Crippen molar-refractivity contribution in [1.29, 1.82) is 0 Å². The average Bonchev–Trinajstić information content (AvgIpc) is 2.81. The first-order chi connectivity index (χ1) is 11.5. The molecule has 24 heavy (non-hydrogen) atoms. The van der Waals surface area contributed by atoms with Gasteiger partial charge in [0.15, 0.2) is 17.6 Å². The van der Waals surface area contributed by atoms with Crippen molar-refractivity contribution >= 4 is 16.8 Å². The molecule has 3 aromatic rings. The predicted molar refractivity (Wildman–Crippen MR) is 85.3 cm³/mol. The third-order valence-electron chi connectivity index (χ3n) is 3.99. The molecule has 0 saturated heterocycles. The number of para-hydroxylation sites is 2. The minimum Gasteiger partial charge on any atom is -0.367 e. The number of rotatable bonds is 5. The molecule has 0 fully saturated rings. The minimum atomic E-state index is -2.96. The van der Waals surface area contributed by atoms with E-state index in [2.05, 4.69) is 4.74 Å². The lowest BCUT2D eigenvalue weighted by Gasteiger charge is -2.06. The molecule has 124 valence electrons. The number of nitrogens with zero attached hydrogens (tertiary/aromatic N) is 2. The molecule has 4 nitrogen and oxygen atoms in total. The summed E-state index contributed by atoms with van der Waals surface area (Å²) in [7, 11) is 1.63. The highest BCUT2D eigenvalue weighted by molar-refractivity contribution is 5.97. The Bertz CT molecular complexity index is 903. The Labute approximate surface area is 137 Å². The zero-order valence-electron chi connectivity index (χ0n) is 13.4. The summed E-state index contributed by atoms with van der Waals surface area (Å²) in [6.07, 6.45) is 0. The van der Waals surface area contributed by atoms with Gasteiger partial charge in [-0.15, -0.1) is 0 Å². The van der Waals surface area contributed by atoms with Crippen LogP contribution in [0.1, 0.15) is 15.9 Å². The van der Waals surface area contributed by atoms with Crippen molar-refractivity contribution in [1.82, 2.24) is 4.57 Å². The summed E-state index contributed by atoms with van der Waals surface area (Å²) >= 11 is 0.